The van der Waals surface area contributed by atoms with Crippen molar-refractivity contribution < 1.29 is 0 Å². The molecule has 59 heavy (non-hydrogen) atoms. The third-order valence-electron chi connectivity index (χ3n) is 12.6. The summed E-state index contributed by atoms with van der Waals surface area (Å²) >= 11 is 1.91. The van der Waals surface area contributed by atoms with E-state index in [4.69, 9.17) is 9.97 Å². The monoisotopic (exact) mass is 768 g/mol. The van der Waals surface area contributed by atoms with Gasteiger partial charge in [-0.25, -0.2) is 9.97 Å². The van der Waals surface area contributed by atoms with Crippen LogP contribution in [0.2, 0.25) is 0 Å². The smallest absolute Gasteiger partial charge is 0.160 e. The van der Waals surface area contributed by atoms with Gasteiger partial charge in [0.2, 0.25) is 0 Å². The zero-order valence-electron chi connectivity index (χ0n) is 32.4. The molecule has 0 saturated heterocycles. The van der Waals surface area contributed by atoms with Crippen molar-refractivity contribution in [2.24, 2.45) is 0 Å². The van der Waals surface area contributed by atoms with Crippen LogP contribution in [0.4, 0.5) is 0 Å². The van der Waals surface area contributed by atoms with Crippen molar-refractivity contribution in [3.8, 4) is 56.2 Å². The number of benzene rings is 9. The standard InChI is InChI=1S/C56H36N2S/c1-56(38-21-6-3-7-22-38)47-31-13-12-27-44(47)51-45(29-16-32-48(51)56)50-34-49(57-55(58-50)35-17-4-2-5-18-35)37-20-14-19-36(33-37)39-28-15-30-46-52-42-25-10-8-23-40(42)41-24-9-11-26-43(41)54(52)59-53(39)46/h2-34H,1H3. The summed E-state index contributed by atoms with van der Waals surface area (Å²) in [5.41, 5.74) is 13.4. The lowest BCUT2D eigenvalue weighted by Crippen LogP contribution is -2.22. The lowest BCUT2D eigenvalue weighted by Gasteiger charge is -2.28. The number of hydrogen-bond donors (Lipinski definition) is 0. The van der Waals surface area contributed by atoms with Gasteiger partial charge in [0.1, 0.15) is 0 Å². The molecule has 1 aliphatic carbocycles. The van der Waals surface area contributed by atoms with Crippen LogP contribution >= 0.6 is 11.3 Å². The van der Waals surface area contributed by atoms with Crippen LogP contribution in [0.3, 0.4) is 0 Å². The highest BCUT2D eigenvalue weighted by Gasteiger charge is 2.41. The first kappa shape index (κ1) is 33.9. The zero-order valence-corrected chi connectivity index (χ0v) is 33.2. The Labute approximate surface area is 346 Å². The second kappa shape index (κ2) is 13.2. The van der Waals surface area contributed by atoms with Crippen molar-refractivity contribution in [2.75, 3.05) is 0 Å². The molecule has 11 aromatic rings. The summed E-state index contributed by atoms with van der Waals surface area (Å²) in [7, 11) is 0. The lowest BCUT2D eigenvalue weighted by atomic mass is 9.74. The highest BCUT2D eigenvalue weighted by molar-refractivity contribution is 7.27. The minimum Gasteiger partial charge on any atom is -0.228 e. The Morgan fingerprint density at radius 2 is 0.949 bits per heavy atom. The van der Waals surface area contributed by atoms with Gasteiger partial charge in [-0.1, -0.05) is 188 Å². The molecule has 0 saturated carbocycles. The average Bonchev–Trinajstić information content (AvgIpc) is 3.84. The molecule has 3 heteroatoms. The highest BCUT2D eigenvalue weighted by Crippen LogP contribution is 2.55. The largest absolute Gasteiger partial charge is 0.228 e. The van der Waals surface area contributed by atoms with Crippen LogP contribution in [0, 0.1) is 0 Å². The Kier molecular flexibility index (Phi) is 7.57. The summed E-state index contributed by atoms with van der Waals surface area (Å²) in [5, 5.41) is 7.85. The SMILES string of the molecule is CC1(c2ccccc2)c2ccccc2-c2c(-c3cc(-c4cccc(-c5cccc6c5sc5c7ccccc7c7ccccc7c65)c4)nc(-c4ccccc4)n3)cccc21. The fraction of sp³-hybridized carbons (Fsp3) is 0.0357. The van der Waals surface area contributed by atoms with Crippen LogP contribution in [-0.2, 0) is 5.41 Å². The Balaban J connectivity index is 1.06. The van der Waals surface area contributed by atoms with E-state index in [1.54, 1.807) is 0 Å². The van der Waals surface area contributed by atoms with E-state index in [2.05, 4.69) is 201 Å². The Bertz CT molecular complexity index is 3460. The maximum absolute atomic E-state index is 5.36. The minimum atomic E-state index is -0.304. The van der Waals surface area contributed by atoms with Crippen molar-refractivity contribution in [2.45, 2.75) is 12.3 Å². The molecule has 0 radical (unpaired) electrons. The summed E-state index contributed by atoms with van der Waals surface area (Å²) in [6, 6.07) is 72.5. The molecule has 0 spiro atoms. The lowest BCUT2D eigenvalue weighted by molar-refractivity contribution is 0.714. The van der Waals surface area contributed by atoms with E-state index in [1.807, 2.05) is 17.4 Å². The molecule has 0 aliphatic heterocycles. The van der Waals surface area contributed by atoms with Gasteiger partial charge in [-0.3, -0.25) is 0 Å². The van der Waals surface area contributed by atoms with Crippen molar-refractivity contribution in [1.29, 1.82) is 0 Å². The molecule has 1 atom stereocenters. The maximum Gasteiger partial charge on any atom is 0.160 e. The number of thiophene rings is 1. The molecule has 1 aliphatic rings. The predicted octanol–water partition coefficient (Wildman–Crippen LogP) is 15.2. The van der Waals surface area contributed by atoms with Crippen molar-refractivity contribution in [1.82, 2.24) is 9.97 Å². The maximum atomic E-state index is 5.36. The first-order valence-corrected chi connectivity index (χ1v) is 21.1. The van der Waals surface area contributed by atoms with Gasteiger partial charge in [0, 0.05) is 47.7 Å². The van der Waals surface area contributed by atoms with Gasteiger partial charge in [-0.15, -0.1) is 11.3 Å². The van der Waals surface area contributed by atoms with E-state index in [9.17, 15) is 0 Å². The molecule has 0 bridgehead atoms. The topological polar surface area (TPSA) is 25.8 Å². The van der Waals surface area contributed by atoms with Gasteiger partial charge < -0.3 is 0 Å². The van der Waals surface area contributed by atoms with E-state index < -0.39 is 0 Å². The number of fused-ring (bicyclic) bond motifs is 11. The third-order valence-corrected chi connectivity index (χ3v) is 13.8. The summed E-state index contributed by atoms with van der Waals surface area (Å²) in [6.07, 6.45) is 0. The first-order chi connectivity index (χ1) is 29.1. The molecule has 0 N–H and O–H groups in total. The van der Waals surface area contributed by atoms with Gasteiger partial charge in [-0.05, 0) is 74.2 Å². The van der Waals surface area contributed by atoms with Crippen molar-refractivity contribution in [3.05, 3.63) is 217 Å². The zero-order chi connectivity index (χ0) is 39.1. The number of rotatable bonds is 5. The fourth-order valence-corrected chi connectivity index (χ4v) is 11.2. The molecular weight excluding hydrogens is 733 g/mol. The summed E-state index contributed by atoms with van der Waals surface area (Å²) < 4.78 is 2.64. The van der Waals surface area contributed by atoms with Gasteiger partial charge in [0.15, 0.2) is 5.82 Å². The first-order valence-electron chi connectivity index (χ1n) is 20.2. The third kappa shape index (κ3) is 5.11. The van der Waals surface area contributed by atoms with E-state index in [1.165, 1.54) is 80.7 Å². The quantitative estimate of drug-likeness (QED) is 0.163. The second-order valence-electron chi connectivity index (χ2n) is 15.8. The predicted molar refractivity (Wildman–Crippen MR) is 249 cm³/mol. The van der Waals surface area contributed by atoms with E-state index in [0.717, 1.165) is 28.1 Å². The molecule has 2 nitrogen and oxygen atoms in total. The number of nitrogens with zero attached hydrogens (tertiary/aromatic N) is 2. The van der Waals surface area contributed by atoms with Crippen LogP contribution in [-0.4, -0.2) is 9.97 Å². The Hall–Kier alpha value is -7.20. The Morgan fingerprint density at radius 3 is 1.78 bits per heavy atom. The molecule has 0 fully saturated rings. The molecule has 1 unspecified atom stereocenters. The minimum absolute atomic E-state index is 0.304. The van der Waals surface area contributed by atoms with Crippen molar-refractivity contribution >= 4 is 53.1 Å². The summed E-state index contributed by atoms with van der Waals surface area (Å²) in [6.45, 7) is 2.37. The van der Waals surface area contributed by atoms with Crippen LogP contribution < -0.4 is 0 Å². The molecule has 0 amide bonds. The average molecular weight is 769 g/mol. The number of aromatic nitrogens is 2. The van der Waals surface area contributed by atoms with Crippen LogP contribution in [0.15, 0.2) is 200 Å². The second-order valence-corrected chi connectivity index (χ2v) is 16.8. The van der Waals surface area contributed by atoms with Crippen LogP contribution in [0.25, 0.3) is 97.9 Å². The molecule has 12 rings (SSSR count). The van der Waals surface area contributed by atoms with Gasteiger partial charge in [-0.2, -0.15) is 0 Å². The van der Waals surface area contributed by atoms with Gasteiger partial charge >= 0.3 is 0 Å². The van der Waals surface area contributed by atoms with E-state index >= 15 is 0 Å². The fourth-order valence-electron chi connectivity index (χ4n) is 9.79. The van der Waals surface area contributed by atoms with Crippen LogP contribution in [0.1, 0.15) is 23.6 Å². The normalized spacial score (nSPS) is 14.6. The molecule has 9 aromatic carbocycles. The van der Waals surface area contributed by atoms with Crippen LogP contribution in [0.5, 0.6) is 0 Å². The van der Waals surface area contributed by atoms with E-state index in [0.29, 0.717) is 5.82 Å². The molecule has 2 heterocycles. The van der Waals surface area contributed by atoms with Crippen molar-refractivity contribution in [3.63, 3.8) is 0 Å². The highest BCUT2D eigenvalue weighted by atomic mass is 32.1. The number of hydrogen-bond acceptors (Lipinski definition) is 3. The van der Waals surface area contributed by atoms with Gasteiger partial charge in [0.05, 0.1) is 11.4 Å². The van der Waals surface area contributed by atoms with Gasteiger partial charge in [0.25, 0.3) is 0 Å². The molecule has 276 valence electrons. The Morgan fingerprint density at radius 1 is 0.390 bits per heavy atom. The summed E-state index contributed by atoms with van der Waals surface area (Å²) in [4.78, 5) is 10.7. The summed E-state index contributed by atoms with van der Waals surface area (Å²) in [5.74, 6) is 0.712. The molecular formula is C56H36N2S. The molecule has 2 aromatic heterocycles. The van der Waals surface area contributed by atoms with E-state index in [-0.39, 0.29) is 5.41 Å².